The lowest BCUT2D eigenvalue weighted by Gasteiger charge is -2.24. The largest absolute Gasteiger partial charge is 0.465 e. The molecule has 3 rings (SSSR count). The number of aromatic nitrogens is 2. The van der Waals surface area contributed by atoms with E-state index in [2.05, 4.69) is 10.1 Å². The quantitative estimate of drug-likeness (QED) is 0.192. The van der Waals surface area contributed by atoms with E-state index in [1.807, 2.05) is 6.92 Å². The normalized spacial score (nSPS) is 19.7. The summed E-state index contributed by atoms with van der Waals surface area (Å²) in [5.41, 5.74) is -0.737. The van der Waals surface area contributed by atoms with Crippen LogP contribution in [0.15, 0.2) is 58.3 Å². The Kier molecular flexibility index (Phi) is 9.22. The molecule has 12 heteroatoms. The van der Waals surface area contributed by atoms with Crippen molar-refractivity contribution in [3.05, 3.63) is 75.1 Å². The molecule has 1 aliphatic heterocycles. The summed E-state index contributed by atoms with van der Waals surface area (Å²) < 4.78 is 37.0. The van der Waals surface area contributed by atoms with Crippen molar-refractivity contribution in [2.75, 3.05) is 13.2 Å². The highest BCUT2D eigenvalue weighted by Gasteiger charge is 2.34. The number of nitrogens with zero attached hydrogens (tertiary/aromatic N) is 1. The van der Waals surface area contributed by atoms with E-state index in [0.29, 0.717) is 5.56 Å². The Balaban J connectivity index is 1.67. The summed E-state index contributed by atoms with van der Waals surface area (Å²) in [4.78, 5) is 38.2. The van der Waals surface area contributed by atoms with Crippen LogP contribution in [0.5, 0.6) is 5.75 Å². The SMILES string of the molecule is CCCCOC(=O)C(C)NP(=O)(OC[C@@H]1C=C[C@H](n2cc(C)c(=O)[nH]c2=O)O1)Oc1ccccc1. The second-order valence-electron chi connectivity index (χ2n) is 8.00. The van der Waals surface area contributed by atoms with Crippen molar-refractivity contribution < 1.29 is 27.9 Å². The predicted molar refractivity (Wildman–Crippen MR) is 128 cm³/mol. The highest BCUT2D eigenvalue weighted by molar-refractivity contribution is 7.52. The lowest BCUT2D eigenvalue weighted by molar-refractivity contribution is -0.145. The van der Waals surface area contributed by atoms with Crippen LogP contribution in [-0.4, -0.2) is 40.9 Å². The number of hydrogen-bond donors (Lipinski definition) is 2. The van der Waals surface area contributed by atoms with Crippen molar-refractivity contribution in [2.24, 2.45) is 0 Å². The van der Waals surface area contributed by atoms with E-state index in [1.54, 1.807) is 49.4 Å². The lowest BCUT2D eigenvalue weighted by atomic mass is 10.3. The van der Waals surface area contributed by atoms with E-state index in [-0.39, 0.29) is 19.0 Å². The minimum atomic E-state index is -4.04. The molecule has 2 aromatic rings. The Hall–Kier alpha value is -2.98. The number of benzene rings is 1. The van der Waals surface area contributed by atoms with Gasteiger partial charge in [0.1, 0.15) is 17.9 Å². The number of aryl methyl sites for hydroxylation is 1. The molecular weight excluding hydrogens is 477 g/mol. The van der Waals surface area contributed by atoms with Crippen LogP contribution in [0.2, 0.25) is 0 Å². The molecule has 2 N–H and O–H groups in total. The molecule has 1 aliphatic rings. The molecule has 0 saturated heterocycles. The number of aromatic amines is 1. The number of nitrogens with one attached hydrogen (secondary N) is 2. The van der Waals surface area contributed by atoms with E-state index in [1.165, 1.54) is 17.7 Å². The Morgan fingerprint density at radius 2 is 2.00 bits per heavy atom. The predicted octanol–water partition coefficient (Wildman–Crippen LogP) is 2.82. The van der Waals surface area contributed by atoms with E-state index in [0.717, 1.165) is 12.8 Å². The Morgan fingerprint density at radius 3 is 2.71 bits per heavy atom. The van der Waals surface area contributed by atoms with Crippen LogP contribution in [0.4, 0.5) is 0 Å². The van der Waals surface area contributed by atoms with Gasteiger partial charge in [-0.25, -0.2) is 9.36 Å². The molecule has 1 aromatic heterocycles. The summed E-state index contributed by atoms with van der Waals surface area (Å²) >= 11 is 0. The molecule has 0 fully saturated rings. The van der Waals surface area contributed by atoms with Crippen LogP contribution in [0.3, 0.4) is 0 Å². The summed E-state index contributed by atoms with van der Waals surface area (Å²) in [5.74, 6) is -0.297. The molecule has 0 radical (unpaired) electrons. The van der Waals surface area contributed by atoms with Crippen molar-refractivity contribution in [2.45, 2.75) is 52.0 Å². The molecule has 0 saturated carbocycles. The van der Waals surface area contributed by atoms with Gasteiger partial charge in [-0.1, -0.05) is 37.6 Å². The van der Waals surface area contributed by atoms with Crippen LogP contribution in [0, 0.1) is 6.92 Å². The minimum absolute atomic E-state index is 0.196. The number of para-hydroxylation sites is 1. The zero-order valence-corrected chi connectivity index (χ0v) is 20.7. The maximum atomic E-state index is 13.5. The van der Waals surface area contributed by atoms with Crippen molar-refractivity contribution in [1.29, 1.82) is 0 Å². The van der Waals surface area contributed by atoms with Crippen LogP contribution < -0.4 is 20.9 Å². The molecule has 2 heterocycles. The van der Waals surface area contributed by atoms with Gasteiger partial charge in [-0.2, -0.15) is 5.09 Å². The van der Waals surface area contributed by atoms with Crippen LogP contribution in [0.1, 0.15) is 38.5 Å². The van der Waals surface area contributed by atoms with Crippen molar-refractivity contribution in [3.8, 4) is 5.75 Å². The summed E-state index contributed by atoms with van der Waals surface area (Å²) in [6.45, 7) is 5.12. The van der Waals surface area contributed by atoms with Gasteiger partial charge >= 0.3 is 19.4 Å². The zero-order valence-electron chi connectivity index (χ0n) is 19.8. The van der Waals surface area contributed by atoms with Gasteiger partial charge in [0, 0.05) is 11.8 Å². The number of ether oxygens (including phenoxy) is 2. The smallest absolute Gasteiger partial charge is 0.459 e. The Morgan fingerprint density at radius 1 is 1.26 bits per heavy atom. The molecule has 0 aliphatic carbocycles. The maximum absolute atomic E-state index is 13.5. The highest BCUT2D eigenvalue weighted by Crippen LogP contribution is 2.45. The molecule has 1 aromatic carbocycles. The third kappa shape index (κ3) is 7.50. The first-order valence-electron chi connectivity index (χ1n) is 11.3. The monoisotopic (exact) mass is 507 g/mol. The Bertz CT molecular complexity index is 1190. The molecule has 0 amide bonds. The van der Waals surface area contributed by atoms with Gasteiger partial charge in [0.05, 0.1) is 13.2 Å². The third-order valence-electron chi connectivity index (χ3n) is 5.05. The number of carbonyl (C=O) groups excluding carboxylic acids is 1. The van der Waals surface area contributed by atoms with E-state index in [9.17, 15) is 18.9 Å². The third-order valence-corrected chi connectivity index (χ3v) is 6.69. The fourth-order valence-corrected chi connectivity index (χ4v) is 4.63. The van der Waals surface area contributed by atoms with E-state index < -0.39 is 43.3 Å². The number of H-pyrrole nitrogens is 1. The van der Waals surface area contributed by atoms with Gasteiger partial charge in [0.2, 0.25) is 0 Å². The summed E-state index contributed by atoms with van der Waals surface area (Å²) in [5, 5.41) is 2.62. The van der Waals surface area contributed by atoms with Crippen LogP contribution in [-0.2, 0) is 23.4 Å². The molecule has 0 bridgehead atoms. The second kappa shape index (κ2) is 12.1. The first-order valence-corrected chi connectivity index (χ1v) is 12.8. The summed E-state index contributed by atoms with van der Waals surface area (Å²) in [6, 6.07) is 7.44. The number of unbranched alkanes of at least 4 members (excludes halogenated alkanes) is 1. The summed E-state index contributed by atoms with van der Waals surface area (Å²) in [6.07, 6.45) is 4.81. The second-order valence-corrected chi connectivity index (χ2v) is 9.69. The molecular formula is C23H30N3O8P. The average Bonchev–Trinajstić information content (AvgIpc) is 3.29. The standard InChI is InChI=1S/C23H30N3O8P/c1-4-5-13-31-22(28)17(3)25-35(30,34-18-9-7-6-8-10-18)32-15-19-11-12-20(33-19)26-14-16(2)21(27)24-23(26)29/h6-12,14,17,19-20H,4-5,13,15H2,1-3H3,(H,25,30)(H,24,27,29)/t17?,19-,20+,35?/m0/s1. The van der Waals surface area contributed by atoms with Crippen molar-refractivity contribution in [3.63, 3.8) is 0 Å². The molecule has 4 atom stereocenters. The Labute approximate surface area is 202 Å². The average molecular weight is 507 g/mol. The number of rotatable bonds is 12. The number of esters is 1. The van der Waals surface area contributed by atoms with E-state index >= 15 is 0 Å². The lowest BCUT2D eigenvalue weighted by Crippen LogP contribution is -2.36. The molecule has 190 valence electrons. The molecule has 0 spiro atoms. The van der Waals surface area contributed by atoms with Crippen LogP contribution >= 0.6 is 7.75 Å². The highest BCUT2D eigenvalue weighted by atomic mass is 31.2. The van der Waals surface area contributed by atoms with Gasteiger partial charge < -0.3 is 14.0 Å². The zero-order chi connectivity index (χ0) is 25.4. The topological polar surface area (TPSA) is 138 Å². The molecule has 35 heavy (non-hydrogen) atoms. The fourth-order valence-electron chi connectivity index (χ4n) is 3.13. The molecule has 11 nitrogen and oxygen atoms in total. The minimum Gasteiger partial charge on any atom is -0.465 e. The maximum Gasteiger partial charge on any atom is 0.459 e. The van der Waals surface area contributed by atoms with Gasteiger partial charge in [-0.3, -0.25) is 23.7 Å². The first-order chi connectivity index (χ1) is 16.7. The summed E-state index contributed by atoms with van der Waals surface area (Å²) in [7, 11) is -4.04. The van der Waals surface area contributed by atoms with Gasteiger partial charge in [0.25, 0.3) is 5.56 Å². The first kappa shape index (κ1) is 26.6. The number of carbonyl (C=O) groups is 1. The van der Waals surface area contributed by atoms with Crippen molar-refractivity contribution >= 4 is 13.7 Å². The van der Waals surface area contributed by atoms with Gasteiger partial charge in [-0.15, -0.1) is 0 Å². The van der Waals surface area contributed by atoms with E-state index in [4.69, 9.17) is 18.5 Å². The number of hydrogen-bond acceptors (Lipinski definition) is 8. The van der Waals surface area contributed by atoms with Crippen LogP contribution in [0.25, 0.3) is 0 Å². The van der Waals surface area contributed by atoms with Gasteiger partial charge in [0.15, 0.2) is 6.23 Å². The van der Waals surface area contributed by atoms with Gasteiger partial charge in [-0.05, 0) is 38.5 Å². The fraction of sp³-hybridized carbons (Fsp3) is 0.435. The van der Waals surface area contributed by atoms with Crippen molar-refractivity contribution in [1.82, 2.24) is 14.6 Å². The molecule has 2 unspecified atom stereocenters.